The summed E-state index contributed by atoms with van der Waals surface area (Å²) >= 11 is 0. The van der Waals surface area contributed by atoms with E-state index in [1.165, 1.54) is 12.1 Å². The summed E-state index contributed by atoms with van der Waals surface area (Å²) in [5, 5.41) is 5.80. The number of amides is 2. The summed E-state index contributed by atoms with van der Waals surface area (Å²) < 4.78 is 13.8. The Morgan fingerprint density at radius 1 is 1.07 bits per heavy atom. The van der Waals surface area contributed by atoms with Crippen LogP contribution in [0.4, 0.5) is 4.39 Å². The summed E-state index contributed by atoms with van der Waals surface area (Å²) in [7, 11) is 0. The van der Waals surface area contributed by atoms with Crippen LogP contribution in [0.15, 0.2) is 48.5 Å². The minimum Gasteiger partial charge on any atom is -0.354 e. The highest BCUT2D eigenvalue weighted by Crippen LogP contribution is 2.31. The van der Waals surface area contributed by atoms with Crippen molar-refractivity contribution in [1.29, 1.82) is 0 Å². The van der Waals surface area contributed by atoms with Crippen molar-refractivity contribution in [2.45, 2.75) is 12.8 Å². The molecule has 1 aromatic heterocycles. The van der Waals surface area contributed by atoms with Gasteiger partial charge in [0.15, 0.2) is 0 Å². The van der Waals surface area contributed by atoms with Gasteiger partial charge in [0.25, 0.3) is 0 Å². The van der Waals surface area contributed by atoms with Crippen molar-refractivity contribution in [3.05, 3.63) is 59.9 Å². The summed E-state index contributed by atoms with van der Waals surface area (Å²) in [6.45, 7) is -0.00931. The Kier molecular flexibility index (Phi) is 6.07. The summed E-state index contributed by atoms with van der Waals surface area (Å²) in [5.74, 6) is 1.36. The van der Waals surface area contributed by atoms with Crippen LogP contribution in [0.2, 0.25) is 0 Å². The van der Waals surface area contributed by atoms with E-state index in [1.54, 1.807) is 6.07 Å². The minimum absolute atomic E-state index is 0.121. The molecule has 5 nitrogen and oxygen atoms in total. The number of benzene rings is 2. The van der Waals surface area contributed by atoms with Gasteiger partial charge < -0.3 is 15.6 Å². The fraction of sp³-hybridized carbons (Fsp3) is 0.182. The number of aromatic nitrogens is 1. The van der Waals surface area contributed by atoms with Crippen molar-refractivity contribution in [2.24, 2.45) is 0 Å². The van der Waals surface area contributed by atoms with Gasteiger partial charge in [-0.2, -0.15) is 0 Å². The first-order valence-corrected chi connectivity index (χ1v) is 8.91. The normalized spacial score (nSPS) is 10.4. The van der Waals surface area contributed by atoms with E-state index in [-0.39, 0.29) is 37.1 Å². The van der Waals surface area contributed by atoms with Crippen molar-refractivity contribution in [3.8, 4) is 23.6 Å². The van der Waals surface area contributed by atoms with Crippen LogP contribution < -0.4 is 10.6 Å². The van der Waals surface area contributed by atoms with Crippen LogP contribution in [-0.2, 0) is 16.0 Å². The van der Waals surface area contributed by atoms with Gasteiger partial charge in [0, 0.05) is 23.0 Å². The predicted molar refractivity (Wildman–Crippen MR) is 107 cm³/mol. The predicted octanol–water partition coefficient (Wildman–Crippen LogP) is 2.77. The van der Waals surface area contributed by atoms with Gasteiger partial charge in [0.05, 0.1) is 13.1 Å². The number of hydrogen-bond donors (Lipinski definition) is 3. The molecular weight excluding hydrogens is 357 g/mol. The first kappa shape index (κ1) is 19.2. The molecule has 6 heteroatoms. The van der Waals surface area contributed by atoms with E-state index in [4.69, 9.17) is 6.42 Å². The van der Waals surface area contributed by atoms with Gasteiger partial charge in [-0.05, 0) is 35.7 Å². The Balaban J connectivity index is 1.76. The zero-order valence-electron chi connectivity index (χ0n) is 15.2. The SMILES string of the molecule is C#CCNC(=O)CNC(=O)CCc1c(-c2ccccc2)[nH]c2ccc(F)cc12. The molecule has 0 atom stereocenters. The molecule has 0 fully saturated rings. The minimum atomic E-state index is -0.342. The molecule has 0 spiro atoms. The molecule has 1 heterocycles. The lowest BCUT2D eigenvalue weighted by atomic mass is 10.0. The Labute approximate surface area is 162 Å². The fourth-order valence-corrected chi connectivity index (χ4v) is 3.05. The molecule has 0 unspecified atom stereocenters. The molecule has 0 aliphatic carbocycles. The van der Waals surface area contributed by atoms with Crippen LogP contribution in [0.1, 0.15) is 12.0 Å². The highest BCUT2D eigenvalue weighted by Gasteiger charge is 2.15. The summed E-state index contributed by atoms with van der Waals surface area (Å²) in [6, 6.07) is 14.2. The van der Waals surface area contributed by atoms with Crippen molar-refractivity contribution in [1.82, 2.24) is 15.6 Å². The van der Waals surface area contributed by atoms with Crippen LogP contribution in [-0.4, -0.2) is 29.9 Å². The van der Waals surface area contributed by atoms with Crippen molar-refractivity contribution >= 4 is 22.7 Å². The Hall–Kier alpha value is -3.59. The maximum Gasteiger partial charge on any atom is 0.240 e. The van der Waals surface area contributed by atoms with Crippen LogP contribution in [0, 0.1) is 18.2 Å². The van der Waals surface area contributed by atoms with Gasteiger partial charge in [0.1, 0.15) is 5.82 Å². The number of rotatable bonds is 7. The second-order valence-corrected chi connectivity index (χ2v) is 6.29. The largest absolute Gasteiger partial charge is 0.354 e. The third-order valence-corrected chi connectivity index (χ3v) is 4.37. The number of halogens is 1. The average Bonchev–Trinajstić information content (AvgIpc) is 3.07. The van der Waals surface area contributed by atoms with Crippen molar-refractivity contribution < 1.29 is 14.0 Å². The van der Waals surface area contributed by atoms with E-state index in [2.05, 4.69) is 21.5 Å². The second-order valence-electron chi connectivity index (χ2n) is 6.29. The van der Waals surface area contributed by atoms with E-state index >= 15 is 0 Å². The Morgan fingerprint density at radius 2 is 1.86 bits per heavy atom. The third kappa shape index (κ3) is 4.57. The number of carbonyl (C=O) groups excluding carboxylic acids is 2. The maximum atomic E-state index is 13.8. The van der Waals surface area contributed by atoms with E-state index in [0.717, 1.165) is 27.7 Å². The molecule has 28 heavy (non-hydrogen) atoms. The molecular formula is C22H20FN3O2. The molecule has 0 saturated heterocycles. The molecule has 2 amide bonds. The number of fused-ring (bicyclic) bond motifs is 1. The first-order valence-electron chi connectivity index (χ1n) is 8.91. The number of aromatic amines is 1. The maximum absolute atomic E-state index is 13.8. The van der Waals surface area contributed by atoms with E-state index in [1.807, 2.05) is 30.3 Å². The van der Waals surface area contributed by atoms with E-state index in [9.17, 15) is 14.0 Å². The first-order chi connectivity index (χ1) is 13.6. The number of nitrogens with one attached hydrogen (secondary N) is 3. The van der Waals surface area contributed by atoms with Crippen molar-refractivity contribution in [3.63, 3.8) is 0 Å². The Bertz CT molecular complexity index is 1040. The van der Waals surface area contributed by atoms with Gasteiger partial charge in [-0.3, -0.25) is 9.59 Å². The van der Waals surface area contributed by atoms with Gasteiger partial charge in [-0.1, -0.05) is 36.3 Å². The van der Waals surface area contributed by atoms with Crippen LogP contribution in [0.25, 0.3) is 22.2 Å². The Morgan fingerprint density at radius 3 is 2.61 bits per heavy atom. The lowest BCUT2D eigenvalue weighted by Gasteiger charge is -2.07. The molecule has 0 aliphatic heterocycles. The second kappa shape index (κ2) is 8.87. The van der Waals surface area contributed by atoms with Gasteiger partial charge >= 0.3 is 0 Å². The summed E-state index contributed by atoms with van der Waals surface area (Å²) in [5.41, 5.74) is 3.50. The molecule has 0 bridgehead atoms. The van der Waals surface area contributed by atoms with Gasteiger partial charge in [-0.15, -0.1) is 6.42 Å². The smallest absolute Gasteiger partial charge is 0.240 e. The molecule has 3 aromatic rings. The molecule has 142 valence electrons. The van der Waals surface area contributed by atoms with E-state index < -0.39 is 0 Å². The highest BCUT2D eigenvalue weighted by molar-refractivity contribution is 5.92. The fourth-order valence-electron chi connectivity index (χ4n) is 3.05. The van der Waals surface area contributed by atoms with E-state index in [0.29, 0.717) is 6.42 Å². The molecule has 0 radical (unpaired) electrons. The van der Waals surface area contributed by atoms with Crippen LogP contribution >= 0.6 is 0 Å². The average molecular weight is 377 g/mol. The number of hydrogen-bond acceptors (Lipinski definition) is 2. The number of H-pyrrole nitrogens is 1. The molecule has 3 N–H and O–H groups in total. The topological polar surface area (TPSA) is 74.0 Å². The van der Waals surface area contributed by atoms with Gasteiger partial charge in [0.2, 0.25) is 11.8 Å². The zero-order chi connectivity index (χ0) is 19.9. The standard InChI is InChI=1S/C22H20FN3O2/c1-2-12-24-21(28)14-25-20(27)11-9-17-18-13-16(23)8-10-19(18)26-22(17)15-6-4-3-5-7-15/h1,3-8,10,13,26H,9,11-12,14H2,(H,24,28)(H,25,27). The number of aryl methyl sites for hydroxylation is 1. The number of carbonyl (C=O) groups is 2. The molecule has 0 saturated carbocycles. The van der Waals surface area contributed by atoms with Gasteiger partial charge in [-0.25, -0.2) is 4.39 Å². The van der Waals surface area contributed by atoms with Crippen LogP contribution in [0.5, 0.6) is 0 Å². The monoisotopic (exact) mass is 377 g/mol. The van der Waals surface area contributed by atoms with Crippen LogP contribution in [0.3, 0.4) is 0 Å². The molecule has 2 aromatic carbocycles. The van der Waals surface area contributed by atoms with Crippen molar-refractivity contribution in [2.75, 3.05) is 13.1 Å². The lowest BCUT2D eigenvalue weighted by Crippen LogP contribution is -2.37. The quantitative estimate of drug-likeness (QED) is 0.554. The highest BCUT2D eigenvalue weighted by atomic mass is 19.1. The zero-order valence-corrected chi connectivity index (χ0v) is 15.2. The summed E-state index contributed by atoms with van der Waals surface area (Å²) in [6.07, 6.45) is 5.65. The third-order valence-electron chi connectivity index (χ3n) is 4.37. The number of terminal acetylenes is 1. The molecule has 3 rings (SSSR count). The lowest BCUT2D eigenvalue weighted by molar-refractivity contribution is -0.125. The molecule has 0 aliphatic rings. The summed E-state index contributed by atoms with van der Waals surface area (Å²) in [4.78, 5) is 27.0.